The second-order valence-electron chi connectivity index (χ2n) is 2.34. The third-order valence-corrected chi connectivity index (χ3v) is 1.69. The Balaban J connectivity index is 3.91. The molecule has 0 fully saturated rings. The molecule has 0 aromatic heterocycles. The van der Waals surface area contributed by atoms with E-state index < -0.39 is 0 Å². The first kappa shape index (κ1) is 9.27. The highest BCUT2D eigenvalue weighted by molar-refractivity contribution is 4.70. The van der Waals surface area contributed by atoms with Gasteiger partial charge in [0.1, 0.15) is 0 Å². The van der Waals surface area contributed by atoms with Crippen LogP contribution in [0.25, 0.3) is 10.4 Å². The van der Waals surface area contributed by atoms with Crippen LogP contribution in [0.2, 0.25) is 0 Å². The minimum Gasteiger partial charge on any atom is -0.396 e. The van der Waals surface area contributed by atoms with Gasteiger partial charge in [0.2, 0.25) is 0 Å². The van der Waals surface area contributed by atoms with E-state index in [2.05, 4.69) is 10.0 Å². The number of aliphatic hydroxyl groups excluding tert-OH is 1. The van der Waals surface area contributed by atoms with Gasteiger partial charge in [-0.1, -0.05) is 25.4 Å². The van der Waals surface area contributed by atoms with Gasteiger partial charge < -0.3 is 5.11 Å². The molecule has 0 bridgehead atoms. The zero-order chi connectivity index (χ0) is 7.98. The molecule has 0 heterocycles. The Kier molecular flexibility index (Phi) is 4.72. The van der Waals surface area contributed by atoms with Crippen LogP contribution in [0, 0.1) is 5.92 Å². The van der Waals surface area contributed by atoms with Crippen molar-refractivity contribution >= 4 is 0 Å². The highest BCUT2D eigenvalue weighted by Crippen LogP contribution is 2.10. The van der Waals surface area contributed by atoms with Gasteiger partial charge >= 0.3 is 0 Å². The van der Waals surface area contributed by atoms with E-state index >= 15 is 0 Å². The fourth-order valence-corrected chi connectivity index (χ4v) is 0.669. The lowest BCUT2D eigenvalue weighted by atomic mass is 10.0. The minimum atomic E-state index is -0.255. The molecule has 1 unspecified atom stereocenters. The lowest BCUT2D eigenvalue weighted by Gasteiger charge is -2.13. The first-order valence-corrected chi connectivity index (χ1v) is 3.41. The Morgan fingerprint density at radius 1 is 1.70 bits per heavy atom. The second kappa shape index (κ2) is 5.09. The van der Waals surface area contributed by atoms with Crippen molar-refractivity contribution in [3.8, 4) is 0 Å². The molecule has 0 radical (unpaired) electrons. The van der Waals surface area contributed by atoms with Gasteiger partial charge in [0, 0.05) is 4.91 Å². The van der Waals surface area contributed by atoms with Crippen LogP contribution in [0.15, 0.2) is 5.11 Å². The Bertz CT molecular complexity index is 131. The molecule has 1 N–H and O–H groups in total. The Labute approximate surface area is 60.5 Å². The normalized spacial score (nSPS) is 15.5. The molecule has 10 heavy (non-hydrogen) atoms. The predicted octanol–water partition coefficient (Wildman–Crippen LogP) is 1.70. The van der Waals surface area contributed by atoms with Gasteiger partial charge in [-0.15, -0.1) is 0 Å². The zero-order valence-corrected chi connectivity index (χ0v) is 6.36. The van der Waals surface area contributed by atoms with Crippen LogP contribution < -0.4 is 0 Å². The summed E-state index contributed by atoms with van der Waals surface area (Å²) in [5.41, 5.74) is 8.06. The van der Waals surface area contributed by atoms with Crippen molar-refractivity contribution in [2.24, 2.45) is 11.0 Å². The zero-order valence-electron chi connectivity index (χ0n) is 6.36. The average molecular weight is 143 g/mol. The quantitative estimate of drug-likeness (QED) is 0.363. The maximum Gasteiger partial charge on any atom is 0.0630 e. The van der Waals surface area contributed by atoms with Crippen molar-refractivity contribution in [1.29, 1.82) is 0 Å². The Hall–Kier alpha value is -0.730. The Morgan fingerprint density at radius 2 is 2.30 bits per heavy atom. The van der Waals surface area contributed by atoms with Crippen LogP contribution in [0.1, 0.15) is 20.3 Å². The standard InChI is InChI=1S/C6H13N3O/c1-3-5(2)6(4-10)8-9-7/h5-6,10H,3-4H2,1-2H3/t5?,6-/m1/s1. The van der Waals surface area contributed by atoms with Gasteiger partial charge in [0.15, 0.2) is 0 Å². The summed E-state index contributed by atoms with van der Waals surface area (Å²) >= 11 is 0. The van der Waals surface area contributed by atoms with Crippen LogP contribution in [0.3, 0.4) is 0 Å². The van der Waals surface area contributed by atoms with Gasteiger partial charge in [0.05, 0.1) is 12.6 Å². The third-order valence-electron chi connectivity index (χ3n) is 1.69. The molecule has 4 nitrogen and oxygen atoms in total. The highest BCUT2D eigenvalue weighted by Gasteiger charge is 2.11. The number of rotatable bonds is 4. The van der Waals surface area contributed by atoms with Gasteiger partial charge in [-0.3, -0.25) is 0 Å². The summed E-state index contributed by atoms with van der Waals surface area (Å²) in [7, 11) is 0. The minimum absolute atomic E-state index is 0.0565. The van der Waals surface area contributed by atoms with E-state index in [4.69, 9.17) is 10.6 Å². The van der Waals surface area contributed by atoms with E-state index in [9.17, 15) is 0 Å². The summed E-state index contributed by atoms with van der Waals surface area (Å²) in [4.78, 5) is 2.64. The fraction of sp³-hybridized carbons (Fsp3) is 1.00. The molecular weight excluding hydrogens is 130 g/mol. The van der Waals surface area contributed by atoms with Crippen molar-refractivity contribution < 1.29 is 5.11 Å². The first-order chi connectivity index (χ1) is 4.76. The van der Waals surface area contributed by atoms with E-state index in [1.165, 1.54) is 0 Å². The van der Waals surface area contributed by atoms with E-state index in [-0.39, 0.29) is 18.6 Å². The summed E-state index contributed by atoms with van der Waals surface area (Å²) in [6, 6.07) is -0.255. The molecule has 0 aromatic carbocycles. The maximum absolute atomic E-state index is 8.69. The summed E-state index contributed by atoms with van der Waals surface area (Å²) < 4.78 is 0. The van der Waals surface area contributed by atoms with Crippen LogP contribution in [0.5, 0.6) is 0 Å². The van der Waals surface area contributed by atoms with Gasteiger partial charge in [-0.05, 0) is 11.4 Å². The number of hydrogen-bond donors (Lipinski definition) is 1. The number of azide groups is 1. The van der Waals surface area contributed by atoms with Gasteiger partial charge in [-0.25, -0.2) is 0 Å². The van der Waals surface area contributed by atoms with Crippen LogP contribution in [-0.2, 0) is 0 Å². The molecule has 4 heteroatoms. The maximum atomic E-state index is 8.69. The lowest BCUT2D eigenvalue weighted by molar-refractivity contribution is 0.230. The largest absolute Gasteiger partial charge is 0.396 e. The van der Waals surface area contributed by atoms with E-state index in [1.807, 2.05) is 13.8 Å². The molecule has 0 saturated carbocycles. The highest BCUT2D eigenvalue weighted by atomic mass is 16.3. The third kappa shape index (κ3) is 2.71. The lowest BCUT2D eigenvalue weighted by Crippen LogP contribution is -2.18. The molecule has 0 saturated heterocycles. The summed E-state index contributed by atoms with van der Waals surface area (Å²) in [5, 5.41) is 12.1. The van der Waals surface area contributed by atoms with Crippen LogP contribution >= 0.6 is 0 Å². The van der Waals surface area contributed by atoms with Crippen molar-refractivity contribution in [2.45, 2.75) is 26.3 Å². The summed E-state index contributed by atoms with van der Waals surface area (Å²) in [6.45, 7) is 3.90. The van der Waals surface area contributed by atoms with Crippen molar-refractivity contribution in [2.75, 3.05) is 6.61 Å². The average Bonchev–Trinajstić information content (AvgIpc) is 1.99. The van der Waals surface area contributed by atoms with E-state index in [1.54, 1.807) is 0 Å². The molecule has 0 aliphatic carbocycles. The summed E-state index contributed by atoms with van der Waals surface area (Å²) in [6.07, 6.45) is 0.921. The summed E-state index contributed by atoms with van der Waals surface area (Å²) in [5.74, 6) is 0.265. The van der Waals surface area contributed by atoms with Crippen LogP contribution in [-0.4, -0.2) is 17.8 Å². The van der Waals surface area contributed by atoms with Gasteiger partial charge in [-0.2, -0.15) is 0 Å². The van der Waals surface area contributed by atoms with Crippen molar-refractivity contribution in [1.82, 2.24) is 0 Å². The van der Waals surface area contributed by atoms with E-state index in [0.29, 0.717) is 0 Å². The molecular formula is C6H13N3O. The fourth-order valence-electron chi connectivity index (χ4n) is 0.669. The Morgan fingerprint density at radius 3 is 2.60 bits per heavy atom. The van der Waals surface area contributed by atoms with Gasteiger partial charge in [0.25, 0.3) is 0 Å². The van der Waals surface area contributed by atoms with E-state index in [0.717, 1.165) is 6.42 Å². The molecule has 2 atom stereocenters. The molecule has 0 aliphatic heterocycles. The second-order valence-corrected chi connectivity index (χ2v) is 2.34. The molecule has 0 aliphatic rings. The smallest absolute Gasteiger partial charge is 0.0630 e. The molecule has 0 rings (SSSR count). The topological polar surface area (TPSA) is 69.0 Å². The molecule has 0 amide bonds. The van der Waals surface area contributed by atoms with Crippen LogP contribution in [0.4, 0.5) is 0 Å². The number of hydrogen-bond acceptors (Lipinski definition) is 2. The van der Waals surface area contributed by atoms with Crippen molar-refractivity contribution in [3.05, 3.63) is 10.4 Å². The molecule has 0 spiro atoms. The number of nitrogens with zero attached hydrogens (tertiary/aromatic N) is 3. The monoisotopic (exact) mass is 143 g/mol. The first-order valence-electron chi connectivity index (χ1n) is 3.41. The predicted molar refractivity (Wildman–Crippen MR) is 39.5 cm³/mol. The molecule has 58 valence electrons. The number of aliphatic hydroxyl groups is 1. The molecule has 0 aromatic rings. The SMILES string of the molecule is CCC(C)[C@@H](CO)N=[N+]=[N-]. The van der Waals surface area contributed by atoms with Crippen molar-refractivity contribution in [3.63, 3.8) is 0 Å².